The molecule has 84 valence electrons. The van der Waals surface area contributed by atoms with Gasteiger partial charge in [-0.25, -0.2) is 0 Å². The van der Waals surface area contributed by atoms with Crippen LogP contribution in [-0.2, 0) is 4.79 Å². The molecule has 0 rings (SSSR count). The standard InChI is InChI=1S/C12H25NO/c1-11(2)9-13(10-12(3)4)7-5-6-8-14/h8,11-12H,5-7,9-10H2,1-4H3. The van der Waals surface area contributed by atoms with Gasteiger partial charge in [-0.1, -0.05) is 27.7 Å². The minimum Gasteiger partial charge on any atom is -0.303 e. The molecule has 0 aromatic carbocycles. The summed E-state index contributed by atoms with van der Waals surface area (Å²) in [5.74, 6) is 1.43. The quantitative estimate of drug-likeness (QED) is 0.442. The van der Waals surface area contributed by atoms with Gasteiger partial charge in [-0.3, -0.25) is 0 Å². The van der Waals surface area contributed by atoms with Crippen molar-refractivity contribution in [2.24, 2.45) is 11.8 Å². The number of carbonyl (C=O) groups excluding carboxylic acids is 1. The lowest BCUT2D eigenvalue weighted by Crippen LogP contribution is -2.32. The number of hydrogen-bond donors (Lipinski definition) is 0. The SMILES string of the molecule is CC(C)CN(CCCC=O)CC(C)C. The van der Waals surface area contributed by atoms with E-state index in [2.05, 4.69) is 32.6 Å². The topological polar surface area (TPSA) is 20.3 Å². The Bertz CT molecular complexity index is 133. The van der Waals surface area contributed by atoms with Crippen molar-refractivity contribution in [1.29, 1.82) is 0 Å². The molecule has 0 saturated carbocycles. The highest BCUT2D eigenvalue weighted by molar-refractivity contribution is 5.48. The molecule has 0 fully saturated rings. The van der Waals surface area contributed by atoms with Gasteiger partial charge < -0.3 is 9.69 Å². The van der Waals surface area contributed by atoms with E-state index in [1.54, 1.807) is 0 Å². The first-order valence-electron chi connectivity index (χ1n) is 5.72. The van der Waals surface area contributed by atoms with Crippen LogP contribution in [0.2, 0.25) is 0 Å². The van der Waals surface area contributed by atoms with Gasteiger partial charge in [0, 0.05) is 19.5 Å². The normalized spacial score (nSPS) is 11.6. The third-order valence-electron chi connectivity index (χ3n) is 2.04. The van der Waals surface area contributed by atoms with Crippen LogP contribution in [0.1, 0.15) is 40.5 Å². The first kappa shape index (κ1) is 13.6. The fourth-order valence-electron chi connectivity index (χ4n) is 1.69. The molecule has 0 spiro atoms. The molecule has 2 nitrogen and oxygen atoms in total. The Morgan fingerprint density at radius 1 is 1.07 bits per heavy atom. The van der Waals surface area contributed by atoms with Crippen molar-refractivity contribution in [2.75, 3.05) is 19.6 Å². The summed E-state index contributed by atoms with van der Waals surface area (Å²) < 4.78 is 0. The molecule has 0 atom stereocenters. The highest BCUT2D eigenvalue weighted by Gasteiger charge is 2.08. The fraction of sp³-hybridized carbons (Fsp3) is 0.917. The second-order valence-corrected chi connectivity index (χ2v) is 4.86. The summed E-state index contributed by atoms with van der Waals surface area (Å²) in [5.41, 5.74) is 0. The number of rotatable bonds is 8. The second-order valence-electron chi connectivity index (χ2n) is 4.86. The molecular formula is C12H25NO. The summed E-state index contributed by atoms with van der Waals surface area (Å²) in [7, 11) is 0. The van der Waals surface area contributed by atoms with Crippen molar-refractivity contribution in [2.45, 2.75) is 40.5 Å². The maximum atomic E-state index is 10.2. The van der Waals surface area contributed by atoms with Gasteiger partial charge in [-0.05, 0) is 24.8 Å². The van der Waals surface area contributed by atoms with Gasteiger partial charge in [0.1, 0.15) is 6.29 Å². The Balaban J connectivity index is 3.77. The van der Waals surface area contributed by atoms with Crippen LogP contribution in [0.4, 0.5) is 0 Å². The van der Waals surface area contributed by atoms with Crippen LogP contribution >= 0.6 is 0 Å². The minimum atomic E-state index is 0.701. The lowest BCUT2D eigenvalue weighted by atomic mass is 10.1. The summed E-state index contributed by atoms with van der Waals surface area (Å²) in [6.07, 6.45) is 2.72. The molecule has 0 amide bonds. The zero-order valence-electron chi connectivity index (χ0n) is 10.1. The van der Waals surface area contributed by atoms with Crippen LogP contribution in [0.15, 0.2) is 0 Å². The van der Waals surface area contributed by atoms with Crippen molar-refractivity contribution < 1.29 is 4.79 Å². The van der Waals surface area contributed by atoms with Gasteiger partial charge in [0.2, 0.25) is 0 Å². The van der Waals surface area contributed by atoms with Gasteiger partial charge in [-0.2, -0.15) is 0 Å². The highest BCUT2D eigenvalue weighted by atomic mass is 16.1. The molecule has 0 saturated heterocycles. The molecule has 0 heterocycles. The molecule has 14 heavy (non-hydrogen) atoms. The van der Waals surface area contributed by atoms with Crippen molar-refractivity contribution in [3.63, 3.8) is 0 Å². The zero-order chi connectivity index (χ0) is 11.0. The highest BCUT2D eigenvalue weighted by Crippen LogP contribution is 2.05. The monoisotopic (exact) mass is 199 g/mol. The molecule has 0 aromatic rings. The van der Waals surface area contributed by atoms with Gasteiger partial charge in [0.25, 0.3) is 0 Å². The van der Waals surface area contributed by atoms with Crippen LogP contribution < -0.4 is 0 Å². The van der Waals surface area contributed by atoms with Crippen molar-refractivity contribution in [3.8, 4) is 0 Å². The second kappa shape index (κ2) is 7.98. The van der Waals surface area contributed by atoms with E-state index in [4.69, 9.17) is 0 Å². The molecule has 0 N–H and O–H groups in total. The summed E-state index contributed by atoms with van der Waals surface area (Å²) in [4.78, 5) is 12.7. The Labute approximate surface area is 88.7 Å². The molecule has 0 bridgehead atoms. The van der Waals surface area contributed by atoms with Crippen LogP contribution in [0, 0.1) is 11.8 Å². The smallest absolute Gasteiger partial charge is 0.120 e. The van der Waals surface area contributed by atoms with Crippen LogP contribution in [0.5, 0.6) is 0 Å². The Morgan fingerprint density at radius 2 is 1.57 bits per heavy atom. The Kier molecular flexibility index (Phi) is 7.77. The van der Waals surface area contributed by atoms with Crippen LogP contribution in [0.25, 0.3) is 0 Å². The summed E-state index contributed by atoms with van der Waals surface area (Å²) in [6.45, 7) is 12.3. The van der Waals surface area contributed by atoms with Gasteiger partial charge in [-0.15, -0.1) is 0 Å². The molecule has 0 aliphatic heterocycles. The van der Waals surface area contributed by atoms with E-state index in [9.17, 15) is 4.79 Å². The van der Waals surface area contributed by atoms with E-state index >= 15 is 0 Å². The van der Waals surface area contributed by atoms with E-state index in [0.29, 0.717) is 18.3 Å². The van der Waals surface area contributed by atoms with E-state index in [1.807, 2.05) is 0 Å². The third kappa shape index (κ3) is 8.24. The fourth-order valence-corrected chi connectivity index (χ4v) is 1.69. The molecular weight excluding hydrogens is 174 g/mol. The number of hydrogen-bond acceptors (Lipinski definition) is 2. The third-order valence-corrected chi connectivity index (χ3v) is 2.04. The van der Waals surface area contributed by atoms with Crippen LogP contribution in [0.3, 0.4) is 0 Å². The molecule has 0 radical (unpaired) electrons. The predicted octanol–water partition coefficient (Wildman–Crippen LogP) is 2.58. The largest absolute Gasteiger partial charge is 0.303 e. The average Bonchev–Trinajstić information content (AvgIpc) is 2.02. The lowest BCUT2D eigenvalue weighted by molar-refractivity contribution is -0.108. The average molecular weight is 199 g/mol. The van der Waals surface area contributed by atoms with E-state index < -0.39 is 0 Å². The van der Waals surface area contributed by atoms with E-state index in [1.165, 1.54) is 0 Å². The maximum Gasteiger partial charge on any atom is 0.120 e. The Hall–Kier alpha value is -0.370. The summed E-state index contributed by atoms with van der Waals surface area (Å²) >= 11 is 0. The number of aldehydes is 1. The molecule has 0 aromatic heterocycles. The summed E-state index contributed by atoms with van der Waals surface area (Å²) in [5, 5.41) is 0. The van der Waals surface area contributed by atoms with Gasteiger partial charge in [0.15, 0.2) is 0 Å². The van der Waals surface area contributed by atoms with Crippen LogP contribution in [-0.4, -0.2) is 30.8 Å². The zero-order valence-corrected chi connectivity index (χ0v) is 10.1. The van der Waals surface area contributed by atoms with Crippen molar-refractivity contribution >= 4 is 6.29 Å². The minimum absolute atomic E-state index is 0.701. The van der Waals surface area contributed by atoms with E-state index in [-0.39, 0.29) is 0 Å². The molecule has 0 aliphatic carbocycles. The maximum absolute atomic E-state index is 10.2. The first-order valence-corrected chi connectivity index (χ1v) is 5.72. The van der Waals surface area contributed by atoms with E-state index in [0.717, 1.165) is 32.3 Å². The molecule has 2 heteroatoms. The van der Waals surface area contributed by atoms with Crippen molar-refractivity contribution in [1.82, 2.24) is 4.90 Å². The number of nitrogens with zero attached hydrogens (tertiary/aromatic N) is 1. The first-order chi connectivity index (χ1) is 6.56. The molecule has 0 aliphatic rings. The lowest BCUT2D eigenvalue weighted by Gasteiger charge is -2.25. The van der Waals surface area contributed by atoms with Crippen molar-refractivity contribution in [3.05, 3.63) is 0 Å². The number of carbonyl (C=O) groups is 1. The number of unbranched alkanes of at least 4 members (excludes halogenated alkanes) is 1. The Morgan fingerprint density at radius 3 is 1.93 bits per heavy atom. The van der Waals surface area contributed by atoms with Gasteiger partial charge in [0.05, 0.1) is 0 Å². The molecule has 0 unspecified atom stereocenters. The predicted molar refractivity (Wildman–Crippen MR) is 61.4 cm³/mol. The summed E-state index contributed by atoms with van der Waals surface area (Å²) in [6, 6.07) is 0. The van der Waals surface area contributed by atoms with Gasteiger partial charge >= 0.3 is 0 Å².